The van der Waals surface area contributed by atoms with Crippen molar-refractivity contribution in [2.45, 2.75) is 46.6 Å². The lowest BCUT2D eigenvalue weighted by molar-refractivity contribution is 0.325. The summed E-state index contributed by atoms with van der Waals surface area (Å²) in [4.78, 5) is 4.49. The van der Waals surface area contributed by atoms with Gasteiger partial charge in [-0.15, -0.1) is 0 Å². The number of hydrogen-bond acceptors (Lipinski definition) is 3. The first-order chi connectivity index (χ1) is 8.30. The van der Waals surface area contributed by atoms with Gasteiger partial charge < -0.3 is 10.1 Å². The summed E-state index contributed by atoms with van der Waals surface area (Å²) in [6, 6.07) is 4.21. The molecule has 3 nitrogen and oxygen atoms in total. The lowest BCUT2D eigenvalue weighted by Gasteiger charge is -2.09. The van der Waals surface area contributed by atoms with E-state index >= 15 is 0 Å². The van der Waals surface area contributed by atoms with Gasteiger partial charge in [-0.1, -0.05) is 20.3 Å². The smallest absolute Gasteiger partial charge is 0.213 e. The van der Waals surface area contributed by atoms with Crippen molar-refractivity contribution >= 4 is 0 Å². The van der Waals surface area contributed by atoms with Gasteiger partial charge in [-0.25, -0.2) is 4.98 Å². The van der Waals surface area contributed by atoms with Gasteiger partial charge >= 0.3 is 0 Å². The number of aromatic nitrogens is 1. The minimum absolute atomic E-state index is 0.671. The van der Waals surface area contributed by atoms with Crippen LogP contribution in [0.3, 0.4) is 0 Å². The van der Waals surface area contributed by atoms with Gasteiger partial charge in [0, 0.05) is 18.3 Å². The van der Waals surface area contributed by atoms with Crippen molar-refractivity contribution in [3.05, 3.63) is 23.4 Å². The molecule has 0 spiro atoms. The fourth-order valence-electron chi connectivity index (χ4n) is 1.74. The van der Waals surface area contributed by atoms with E-state index in [4.69, 9.17) is 4.74 Å². The molecule has 96 valence electrons. The maximum Gasteiger partial charge on any atom is 0.213 e. The van der Waals surface area contributed by atoms with Gasteiger partial charge in [0.15, 0.2) is 0 Å². The molecule has 1 N–H and O–H groups in total. The number of rotatable bonds is 8. The monoisotopic (exact) mass is 236 g/mol. The van der Waals surface area contributed by atoms with Crippen molar-refractivity contribution in [1.29, 1.82) is 0 Å². The van der Waals surface area contributed by atoms with Crippen LogP contribution in [0, 0.1) is 0 Å². The summed E-state index contributed by atoms with van der Waals surface area (Å²) >= 11 is 0. The van der Waals surface area contributed by atoms with E-state index in [1.807, 2.05) is 13.0 Å². The fraction of sp³-hybridized carbons (Fsp3) is 0.643. The van der Waals surface area contributed by atoms with Crippen molar-refractivity contribution in [2.24, 2.45) is 0 Å². The lowest BCUT2D eigenvalue weighted by atomic mass is 10.1. The molecule has 3 heteroatoms. The lowest BCUT2D eigenvalue weighted by Crippen LogP contribution is -2.14. The molecule has 0 aliphatic rings. The van der Waals surface area contributed by atoms with Crippen LogP contribution in [-0.2, 0) is 13.0 Å². The van der Waals surface area contributed by atoms with Crippen LogP contribution in [0.4, 0.5) is 0 Å². The summed E-state index contributed by atoms with van der Waals surface area (Å²) in [5.41, 5.74) is 2.40. The Morgan fingerprint density at radius 1 is 1.18 bits per heavy atom. The number of ether oxygens (including phenoxy) is 1. The molecule has 0 atom stereocenters. The molecule has 0 saturated heterocycles. The number of nitrogens with zero attached hydrogens (tertiary/aromatic N) is 1. The first-order valence-corrected chi connectivity index (χ1v) is 6.63. The predicted molar refractivity (Wildman–Crippen MR) is 71.4 cm³/mol. The minimum Gasteiger partial charge on any atom is -0.478 e. The Bertz CT molecular complexity index is 302. The predicted octanol–water partition coefficient (Wildman–Crippen LogP) is 2.93. The molecule has 0 aromatic carbocycles. The molecule has 0 amide bonds. The molecule has 0 fully saturated rings. The van der Waals surface area contributed by atoms with Crippen molar-refractivity contribution in [3.8, 4) is 5.88 Å². The van der Waals surface area contributed by atoms with Crippen LogP contribution in [0.5, 0.6) is 5.88 Å². The summed E-state index contributed by atoms with van der Waals surface area (Å²) in [6.45, 7) is 8.95. The Morgan fingerprint density at radius 3 is 2.65 bits per heavy atom. The molecule has 0 bridgehead atoms. The molecular formula is C14H24N2O. The molecule has 1 aromatic heterocycles. The Balaban J connectivity index is 2.72. The summed E-state index contributed by atoms with van der Waals surface area (Å²) in [6.07, 6.45) is 3.29. The van der Waals surface area contributed by atoms with Gasteiger partial charge in [0.05, 0.1) is 6.61 Å². The molecule has 1 heterocycles. The first kappa shape index (κ1) is 14.0. The SMILES string of the molecule is CCCNCc1cc(CCC)nc(OCC)c1. The standard InChI is InChI=1S/C14H24N2O/c1-4-7-13-9-12(11-15-8-5-2)10-14(16-13)17-6-3/h9-10,15H,4-8,11H2,1-3H3. The molecule has 0 saturated carbocycles. The maximum atomic E-state index is 5.50. The van der Waals surface area contributed by atoms with Crippen LogP contribution in [-0.4, -0.2) is 18.1 Å². The molecule has 0 aliphatic carbocycles. The Kier molecular flexibility index (Phi) is 6.63. The van der Waals surface area contributed by atoms with Gasteiger partial charge in [0.1, 0.15) is 0 Å². The third-order valence-electron chi connectivity index (χ3n) is 2.47. The molecule has 17 heavy (non-hydrogen) atoms. The van der Waals surface area contributed by atoms with Crippen molar-refractivity contribution in [2.75, 3.05) is 13.2 Å². The van der Waals surface area contributed by atoms with Gasteiger partial charge in [0.2, 0.25) is 5.88 Å². The van der Waals surface area contributed by atoms with E-state index in [2.05, 4.69) is 30.2 Å². The van der Waals surface area contributed by atoms with E-state index in [9.17, 15) is 0 Å². The van der Waals surface area contributed by atoms with Crippen LogP contribution in [0.15, 0.2) is 12.1 Å². The molecule has 1 rings (SSSR count). The summed E-state index contributed by atoms with van der Waals surface area (Å²) in [5.74, 6) is 0.756. The highest BCUT2D eigenvalue weighted by Gasteiger charge is 2.03. The van der Waals surface area contributed by atoms with Gasteiger partial charge in [-0.2, -0.15) is 0 Å². The largest absolute Gasteiger partial charge is 0.478 e. The zero-order valence-electron chi connectivity index (χ0n) is 11.3. The van der Waals surface area contributed by atoms with Gasteiger partial charge in [0.25, 0.3) is 0 Å². The second-order valence-corrected chi connectivity index (χ2v) is 4.16. The highest BCUT2D eigenvalue weighted by atomic mass is 16.5. The van der Waals surface area contributed by atoms with Crippen molar-refractivity contribution in [1.82, 2.24) is 10.3 Å². The third-order valence-corrected chi connectivity index (χ3v) is 2.47. The zero-order valence-corrected chi connectivity index (χ0v) is 11.3. The summed E-state index contributed by atoms with van der Waals surface area (Å²) in [7, 11) is 0. The van der Waals surface area contributed by atoms with Crippen LogP contribution in [0.1, 0.15) is 44.9 Å². The van der Waals surface area contributed by atoms with Crippen molar-refractivity contribution < 1.29 is 4.74 Å². The Hall–Kier alpha value is -1.09. The number of pyridine rings is 1. The molecular weight excluding hydrogens is 212 g/mol. The average molecular weight is 236 g/mol. The van der Waals surface area contributed by atoms with Crippen LogP contribution in [0.25, 0.3) is 0 Å². The number of nitrogens with one attached hydrogen (secondary N) is 1. The van der Waals surface area contributed by atoms with Gasteiger partial charge in [-0.3, -0.25) is 0 Å². The van der Waals surface area contributed by atoms with E-state index < -0.39 is 0 Å². The highest BCUT2D eigenvalue weighted by Crippen LogP contribution is 2.14. The molecule has 1 aromatic rings. The molecule has 0 aliphatic heterocycles. The van der Waals surface area contributed by atoms with Crippen molar-refractivity contribution in [3.63, 3.8) is 0 Å². The quantitative estimate of drug-likeness (QED) is 0.705. The summed E-state index contributed by atoms with van der Waals surface area (Å²) < 4.78 is 5.50. The van der Waals surface area contributed by atoms with E-state index in [0.717, 1.165) is 43.9 Å². The van der Waals surface area contributed by atoms with E-state index in [-0.39, 0.29) is 0 Å². The minimum atomic E-state index is 0.671. The highest BCUT2D eigenvalue weighted by molar-refractivity contribution is 5.25. The normalized spacial score (nSPS) is 10.5. The van der Waals surface area contributed by atoms with E-state index in [0.29, 0.717) is 6.61 Å². The number of aryl methyl sites for hydroxylation is 1. The topological polar surface area (TPSA) is 34.2 Å². The van der Waals surface area contributed by atoms with E-state index in [1.54, 1.807) is 0 Å². The van der Waals surface area contributed by atoms with Crippen LogP contribution >= 0.6 is 0 Å². The second kappa shape index (κ2) is 8.07. The third kappa shape index (κ3) is 5.18. The Morgan fingerprint density at radius 2 is 2.00 bits per heavy atom. The van der Waals surface area contributed by atoms with Crippen LogP contribution in [0.2, 0.25) is 0 Å². The fourth-order valence-corrected chi connectivity index (χ4v) is 1.74. The maximum absolute atomic E-state index is 5.50. The number of hydrogen-bond donors (Lipinski definition) is 1. The average Bonchev–Trinajstić information content (AvgIpc) is 2.30. The zero-order chi connectivity index (χ0) is 12.5. The van der Waals surface area contributed by atoms with E-state index in [1.165, 1.54) is 5.56 Å². The second-order valence-electron chi connectivity index (χ2n) is 4.16. The molecule has 0 radical (unpaired) electrons. The molecule has 0 unspecified atom stereocenters. The van der Waals surface area contributed by atoms with Crippen LogP contribution < -0.4 is 10.1 Å². The summed E-state index contributed by atoms with van der Waals surface area (Å²) in [5, 5.41) is 3.41. The first-order valence-electron chi connectivity index (χ1n) is 6.63. The Labute approximate surface area is 105 Å². The van der Waals surface area contributed by atoms with Gasteiger partial charge in [-0.05, 0) is 37.9 Å².